The molecule has 0 rings (SSSR count). The van der Waals surface area contributed by atoms with Gasteiger partial charge in [0.1, 0.15) is 28.4 Å². The minimum absolute atomic E-state index is 0.104. The highest BCUT2D eigenvalue weighted by atomic mass is 127. The normalized spacial score (nSPS) is 14.5. The molecule has 0 N–H and O–H groups in total. The van der Waals surface area contributed by atoms with E-state index in [0.717, 1.165) is 0 Å². The Morgan fingerprint density at radius 3 is 2.50 bits per heavy atom. The van der Waals surface area contributed by atoms with E-state index in [4.69, 9.17) is 13.7 Å². The predicted octanol–water partition coefficient (Wildman–Crippen LogP) is 2.59. The molecule has 0 fully saturated rings. The summed E-state index contributed by atoms with van der Waals surface area (Å²) in [5, 5.41) is 0. The van der Waals surface area contributed by atoms with Crippen LogP contribution in [0.1, 0.15) is 6.92 Å². The molecule has 1 atom stereocenters. The Kier molecular flexibility index (Phi) is 5.48. The highest BCUT2D eigenvalue weighted by Gasteiger charge is 1.93. The van der Waals surface area contributed by atoms with Crippen LogP contribution in [0.15, 0.2) is 0 Å². The van der Waals surface area contributed by atoms with Gasteiger partial charge in [0.15, 0.2) is 0 Å². The average molecular weight is 238 g/mol. The Balaban J connectivity index is 2.75. The van der Waals surface area contributed by atoms with Crippen molar-refractivity contribution in [3.8, 4) is 0 Å². The van der Waals surface area contributed by atoms with Crippen molar-refractivity contribution in [1.82, 2.24) is 0 Å². The standard InChI is InChI=1S/C2H4ClIOS/c1-2(5-4)6-3/h2H,1H3. The van der Waals surface area contributed by atoms with E-state index in [9.17, 15) is 0 Å². The zero-order valence-electron chi connectivity index (χ0n) is 3.15. The van der Waals surface area contributed by atoms with Crippen LogP contribution in [0.5, 0.6) is 0 Å². The lowest BCUT2D eigenvalue weighted by molar-refractivity contribution is 0.420. The molecule has 0 aromatic rings. The summed E-state index contributed by atoms with van der Waals surface area (Å²) in [7, 11) is 6.41. The number of rotatable bonds is 2. The predicted molar refractivity (Wildman–Crippen MR) is 38.0 cm³/mol. The summed E-state index contributed by atoms with van der Waals surface area (Å²) in [6, 6.07) is 0. The second-order valence-electron chi connectivity index (χ2n) is 0.746. The van der Waals surface area contributed by atoms with Gasteiger partial charge in [-0.25, -0.2) is 0 Å². The van der Waals surface area contributed by atoms with Gasteiger partial charge in [0.25, 0.3) is 0 Å². The van der Waals surface area contributed by atoms with E-state index in [2.05, 4.69) is 0 Å². The first-order chi connectivity index (χ1) is 2.81. The van der Waals surface area contributed by atoms with E-state index in [0.29, 0.717) is 0 Å². The van der Waals surface area contributed by atoms with Crippen molar-refractivity contribution in [3.05, 3.63) is 0 Å². The van der Waals surface area contributed by atoms with E-state index in [1.165, 1.54) is 11.0 Å². The first kappa shape index (κ1) is 7.33. The van der Waals surface area contributed by atoms with Gasteiger partial charge in [-0.3, -0.25) is 0 Å². The van der Waals surface area contributed by atoms with Gasteiger partial charge in [-0.1, -0.05) is 0 Å². The van der Waals surface area contributed by atoms with Crippen LogP contribution in [0.3, 0.4) is 0 Å². The van der Waals surface area contributed by atoms with Gasteiger partial charge in [-0.15, -0.1) is 0 Å². The molecule has 0 saturated carbocycles. The molecule has 0 spiro atoms. The lowest BCUT2D eigenvalue weighted by atomic mass is 10.9. The highest BCUT2D eigenvalue weighted by Crippen LogP contribution is 2.17. The molecule has 0 saturated heterocycles. The second-order valence-corrected chi connectivity index (χ2v) is 2.63. The van der Waals surface area contributed by atoms with Gasteiger partial charge in [-0.05, 0) is 28.6 Å². The molecule has 0 aliphatic heterocycles. The summed E-state index contributed by atoms with van der Waals surface area (Å²) in [6.07, 6.45) is 0. The van der Waals surface area contributed by atoms with Crippen LogP contribution in [0.25, 0.3) is 0 Å². The minimum Gasteiger partial charge on any atom is -0.301 e. The lowest BCUT2D eigenvalue weighted by Gasteiger charge is -1.95. The van der Waals surface area contributed by atoms with Crippen LogP contribution < -0.4 is 0 Å². The first-order valence-electron chi connectivity index (χ1n) is 1.36. The second kappa shape index (κ2) is 4.49. The van der Waals surface area contributed by atoms with Gasteiger partial charge in [0.2, 0.25) is 0 Å². The Hall–Kier alpha value is 1.33. The maximum absolute atomic E-state index is 5.24. The summed E-state index contributed by atoms with van der Waals surface area (Å²) >= 11 is 1.81. The molecule has 0 radical (unpaired) electrons. The van der Waals surface area contributed by atoms with Crippen molar-refractivity contribution in [2.75, 3.05) is 0 Å². The number of hydrogen-bond acceptors (Lipinski definition) is 2. The van der Waals surface area contributed by atoms with Crippen molar-refractivity contribution in [2.24, 2.45) is 0 Å². The molecule has 1 unspecified atom stereocenters. The van der Waals surface area contributed by atoms with E-state index in [1.807, 2.05) is 29.9 Å². The number of halogens is 2. The fourth-order valence-corrected chi connectivity index (χ4v) is 0.830. The van der Waals surface area contributed by atoms with Crippen molar-refractivity contribution in [1.29, 1.82) is 0 Å². The fraction of sp³-hybridized carbons (Fsp3) is 1.00. The summed E-state index contributed by atoms with van der Waals surface area (Å²) in [5.74, 6) is 0. The molecule has 0 aliphatic carbocycles. The molecule has 38 valence electrons. The third-order valence-electron chi connectivity index (χ3n) is 0.251. The lowest BCUT2D eigenvalue weighted by Crippen LogP contribution is -1.87. The zero-order chi connectivity index (χ0) is 4.99. The van der Waals surface area contributed by atoms with Crippen molar-refractivity contribution in [3.63, 3.8) is 0 Å². The van der Waals surface area contributed by atoms with Crippen LogP contribution in [-0.2, 0) is 3.07 Å². The van der Waals surface area contributed by atoms with Crippen molar-refractivity contribution in [2.45, 2.75) is 12.4 Å². The molecule has 4 heteroatoms. The molecule has 0 aliphatic rings. The SMILES string of the molecule is CC(OI)SCl. The number of hydrogen-bond donors (Lipinski definition) is 0. The molecular weight excluding hydrogens is 234 g/mol. The fourth-order valence-electron chi connectivity index (χ4n) is 0.0137. The third kappa shape index (κ3) is 3.52. The zero-order valence-corrected chi connectivity index (χ0v) is 6.88. The molecule has 0 aromatic heterocycles. The third-order valence-corrected chi connectivity index (χ3v) is 2.46. The van der Waals surface area contributed by atoms with E-state index in [1.54, 1.807) is 0 Å². The minimum atomic E-state index is 0.104. The summed E-state index contributed by atoms with van der Waals surface area (Å²) in [6.45, 7) is 1.88. The summed E-state index contributed by atoms with van der Waals surface area (Å²) < 4.78 is 4.70. The monoisotopic (exact) mass is 238 g/mol. The topological polar surface area (TPSA) is 9.23 Å². The Morgan fingerprint density at radius 1 is 2.00 bits per heavy atom. The van der Waals surface area contributed by atoms with Gasteiger partial charge in [0.05, 0.1) is 0 Å². The summed E-state index contributed by atoms with van der Waals surface area (Å²) in [5.41, 5.74) is 0.104. The average Bonchev–Trinajstić information content (AvgIpc) is 1.65. The quantitative estimate of drug-likeness (QED) is 0.540. The molecule has 0 aromatic carbocycles. The molecule has 1 nitrogen and oxygen atoms in total. The molecule has 0 amide bonds. The Labute approximate surface area is 60.0 Å². The van der Waals surface area contributed by atoms with E-state index in [-0.39, 0.29) is 5.44 Å². The van der Waals surface area contributed by atoms with Gasteiger partial charge >= 0.3 is 0 Å². The molecule has 6 heavy (non-hydrogen) atoms. The molecule has 0 bridgehead atoms. The van der Waals surface area contributed by atoms with Crippen LogP contribution in [0.2, 0.25) is 0 Å². The molecule has 0 heterocycles. The van der Waals surface area contributed by atoms with Crippen LogP contribution >= 0.6 is 44.7 Å². The van der Waals surface area contributed by atoms with Gasteiger partial charge < -0.3 is 3.07 Å². The molecular formula is C2H4ClIOS. The summed E-state index contributed by atoms with van der Waals surface area (Å²) in [4.78, 5) is 0. The van der Waals surface area contributed by atoms with Crippen molar-refractivity contribution >= 4 is 44.7 Å². The largest absolute Gasteiger partial charge is 0.301 e. The Bertz CT molecular complexity index is 32.7. The van der Waals surface area contributed by atoms with Gasteiger partial charge in [0, 0.05) is 0 Å². The smallest absolute Gasteiger partial charge is 0.127 e. The van der Waals surface area contributed by atoms with Gasteiger partial charge in [-0.2, -0.15) is 0 Å². The highest BCUT2D eigenvalue weighted by molar-refractivity contribution is 14.1. The maximum Gasteiger partial charge on any atom is 0.127 e. The Morgan fingerprint density at radius 2 is 2.50 bits per heavy atom. The van der Waals surface area contributed by atoms with Crippen LogP contribution in [0.4, 0.5) is 0 Å². The maximum atomic E-state index is 5.24. The van der Waals surface area contributed by atoms with E-state index >= 15 is 0 Å². The van der Waals surface area contributed by atoms with Crippen molar-refractivity contribution < 1.29 is 3.07 Å². The van der Waals surface area contributed by atoms with E-state index < -0.39 is 0 Å². The first-order valence-corrected chi connectivity index (χ1v) is 3.94. The van der Waals surface area contributed by atoms with Crippen LogP contribution in [-0.4, -0.2) is 5.44 Å². The van der Waals surface area contributed by atoms with Crippen LogP contribution in [0, 0.1) is 0 Å².